The summed E-state index contributed by atoms with van der Waals surface area (Å²) in [6.45, 7) is 0. The number of methoxy groups -OCH3 is 3. The van der Waals surface area contributed by atoms with Crippen molar-refractivity contribution in [2.24, 2.45) is 5.73 Å². The maximum atomic E-state index is 9.66. The predicted octanol–water partition coefficient (Wildman–Crippen LogP) is 3.69. The molecule has 1 unspecified atom stereocenters. The molecule has 6 nitrogen and oxygen atoms in total. The largest absolute Gasteiger partial charge is 0.497 e. The molecule has 7 heteroatoms. The van der Waals surface area contributed by atoms with Crippen LogP contribution >= 0.6 is 15.9 Å². The lowest BCUT2D eigenvalue weighted by Gasteiger charge is -2.27. The number of fused-ring (bicyclic) bond motifs is 1. The van der Waals surface area contributed by atoms with Gasteiger partial charge in [0.2, 0.25) is 5.88 Å². The Bertz CT molecular complexity index is 934. The summed E-state index contributed by atoms with van der Waals surface area (Å²) in [7, 11) is 4.70. The summed E-state index contributed by atoms with van der Waals surface area (Å²) in [5, 5.41) is 9.66. The van der Waals surface area contributed by atoms with Gasteiger partial charge in [-0.1, -0.05) is 6.07 Å². The summed E-state index contributed by atoms with van der Waals surface area (Å²) in [6.07, 6.45) is 0. The van der Waals surface area contributed by atoms with Crippen LogP contribution in [0.4, 0.5) is 0 Å². The Kier molecular flexibility index (Phi) is 4.96. The molecule has 0 fully saturated rings. The van der Waals surface area contributed by atoms with Crippen LogP contribution in [0.2, 0.25) is 0 Å². The van der Waals surface area contributed by atoms with Crippen molar-refractivity contribution in [3.05, 3.63) is 57.4 Å². The topological polar surface area (TPSA) is 86.7 Å². The molecule has 1 aliphatic heterocycles. The molecule has 134 valence electrons. The third kappa shape index (κ3) is 2.93. The van der Waals surface area contributed by atoms with Gasteiger partial charge in [0.05, 0.1) is 31.7 Å². The van der Waals surface area contributed by atoms with E-state index in [2.05, 4.69) is 22.0 Å². The zero-order valence-corrected chi connectivity index (χ0v) is 16.1. The van der Waals surface area contributed by atoms with Crippen molar-refractivity contribution in [2.45, 2.75) is 5.92 Å². The van der Waals surface area contributed by atoms with Crippen LogP contribution in [-0.2, 0) is 0 Å². The van der Waals surface area contributed by atoms with Gasteiger partial charge in [-0.25, -0.2) is 0 Å². The van der Waals surface area contributed by atoms with E-state index in [9.17, 15) is 5.26 Å². The predicted molar refractivity (Wildman–Crippen MR) is 99.5 cm³/mol. The fourth-order valence-corrected chi connectivity index (χ4v) is 3.63. The third-order valence-corrected chi connectivity index (χ3v) is 4.80. The van der Waals surface area contributed by atoms with Crippen molar-refractivity contribution in [3.63, 3.8) is 0 Å². The molecule has 2 aromatic carbocycles. The highest BCUT2D eigenvalue weighted by Crippen LogP contribution is 2.46. The molecule has 1 heterocycles. The Morgan fingerprint density at radius 2 is 1.88 bits per heavy atom. The molecule has 0 spiro atoms. The highest BCUT2D eigenvalue weighted by Gasteiger charge is 2.32. The standard InChI is InChI=1S/C19H17BrN2O4/c1-23-11-4-5-12-15(8-11)26-19(22)13(9-21)17(12)10-6-14(20)18(25-3)16(7-10)24-2/h4-8,17H,22H2,1-3H3. The van der Waals surface area contributed by atoms with E-state index in [1.165, 1.54) is 0 Å². The van der Waals surface area contributed by atoms with Crippen molar-refractivity contribution in [1.29, 1.82) is 5.26 Å². The van der Waals surface area contributed by atoms with Gasteiger partial charge >= 0.3 is 0 Å². The van der Waals surface area contributed by atoms with Gasteiger partial charge in [-0.15, -0.1) is 0 Å². The van der Waals surface area contributed by atoms with Gasteiger partial charge in [0.25, 0.3) is 0 Å². The summed E-state index contributed by atoms with van der Waals surface area (Å²) in [5.41, 5.74) is 7.99. The van der Waals surface area contributed by atoms with Crippen LogP contribution in [0.5, 0.6) is 23.0 Å². The van der Waals surface area contributed by atoms with Crippen molar-refractivity contribution in [1.82, 2.24) is 0 Å². The highest BCUT2D eigenvalue weighted by atomic mass is 79.9. The normalized spacial score (nSPS) is 15.6. The fraction of sp³-hybridized carbons (Fsp3) is 0.211. The Labute approximate surface area is 159 Å². The summed E-state index contributed by atoms with van der Waals surface area (Å²) in [4.78, 5) is 0. The molecule has 0 bridgehead atoms. The molecule has 2 aromatic rings. The number of nitrogens with two attached hydrogens (primary N) is 1. The van der Waals surface area contributed by atoms with Gasteiger partial charge in [0.1, 0.15) is 23.1 Å². The molecular formula is C19H17BrN2O4. The second-order valence-corrected chi connectivity index (χ2v) is 6.42. The maximum absolute atomic E-state index is 9.66. The molecule has 0 radical (unpaired) electrons. The number of hydrogen-bond donors (Lipinski definition) is 1. The number of benzene rings is 2. The molecule has 1 aliphatic rings. The number of allylic oxidation sites excluding steroid dienone is 1. The molecule has 0 amide bonds. The number of ether oxygens (including phenoxy) is 4. The van der Waals surface area contributed by atoms with E-state index >= 15 is 0 Å². The van der Waals surface area contributed by atoms with E-state index in [0.29, 0.717) is 33.0 Å². The number of rotatable bonds is 4. The van der Waals surface area contributed by atoms with Crippen molar-refractivity contribution in [2.75, 3.05) is 21.3 Å². The first-order chi connectivity index (χ1) is 12.5. The summed E-state index contributed by atoms with van der Waals surface area (Å²) >= 11 is 3.50. The van der Waals surface area contributed by atoms with Crippen LogP contribution in [0, 0.1) is 11.3 Å². The average molecular weight is 417 g/mol. The van der Waals surface area contributed by atoms with Crippen LogP contribution in [0.25, 0.3) is 0 Å². The molecule has 2 N–H and O–H groups in total. The Hall–Kier alpha value is -2.85. The third-order valence-electron chi connectivity index (χ3n) is 4.22. The minimum Gasteiger partial charge on any atom is -0.497 e. The molecule has 0 saturated heterocycles. The van der Waals surface area contributed by atoms with Crippen LogP contribution in [0.3, 0.4) is 0 Å². The number of nitriles is 1. The van der Waals surface area contributed by atoms with Gasteiger partial charge in [-0.05, 0) is 39.7 Å². The number of hydrogen-bond acceptors (Lipinski definition) is 6. The highest BCUT2D eigenvalue weighted by molar-refractivity contribution is 9.10. The fourth-order valence-electron chi connectivity index (χ4n) is 3.01. The second kappa shape index (κ2) is 7.18. The van der Waals surface area contributed by atoms with E-state index in [4.69, 9.17) is 24.7 Å². The summed E-state index contributed by atoms with van der Waals surface area (Å²) < 4.78 is 22.4. The van der Waals surface area contributed by atoms with E-state index < -0.39 is 5.92 Å². The first-order valence-electron chi connectivity index (χ1n) is 7.71. The van der Waals surface area contributed by atoms with Crippen molar-refractivity contribution in [3.8, 4) is 29.1 Å². The molecule has 3 rings (SSSR count). The second-order valence-electron chi connectivity index (χ2n) is 5.57. The lowest BCUT2D eigenvalue weighted by atomic mass is 9.83. The Morgan fingerprint density at radius 3 is 2.50 bits per heavy atom. The smallest absolute Gasteiger partial charge is 0.205 e. The van der Waals surface area contributed by atoms with Crippen LogP contribution in [0.1, 0.15) is 17.0 Å². The van der Waals surface area contributed by atoms with Crippen molar-refractivity contribution < 1.29 is 18.9 Å². The first kappa shape index (κ1) is 18.0. The quantitative estimate of drug-likeness (QED) is 0.817. The number of nitrogens with zero attached hydrogens (tertiary/aromatic N) is 1. The van der Waals surface area contributed by atoms with Gasteiger partial charge < -0.3 is 24.7 Å². The Balaban J connectivity index is 2.23. The van der Waals surface area contributed by atoms with Gasteiger partial charge in [0.15, 0.2) is 11.5 Å². The zero-order chi connectivity index (χ0) is 18.8. The molecule has 0 aromatic heterocycles. The lowest BCUT2D eigenvalue weighted by molar-refractivity contribution is 0.352. The van der Waals surface area contributed by atoms with E-state index in [1.54, 1.807) is 27.4 Å². The monoisotopic (exact) mass is 416 g/mol. The Morgan fingerprint density at radius 1 is 1.12 bits per heavy atom. The molecule has 1 atom stereocenters. The molecule has 26 heavy (non-hydrogen) atoms. The zero-order valence-electron chi connectivity index (χ0n) is 14.5. The van der Waals surface area contributed by atoms with E-state index in [-0.39, 0.29) is 5.88 Å². The number of halogens is 1. The molecule has 0 saturated carbocycles. The average Bonchev–Trinajstić information content (AvgIpc) is 2.65. The minimum absolute atomic E-state index is 0.0733. The van der Waals surface area contributed by atoms with Crippen LogP contribution < -0.4 is 24.7 Å². The molecular weight excluding hydrogens is 400 g/mol. The lowest BCUT2D eigenvalue weighted by Crippen LogP contribution is -2.21. The first-order valence-corrected chi connectivity index (χ1v) is 8.50. The summed E-state index contributed by atoms with van der Waals surface area (Å²) in [6, 6.07) is 11.3. The minimum atomic E-state index is -0.397. The summed E-state index contributed by atoms with van der Waals surface area (Å²) in [5.74, 6) is 2.00. The van der Waals surface area contributed by atoms with Crippen molar-refractivity contribution >= 4 is 15.9 Å². The van der Waals surface area contributed by atoms with E-state index in [1.807, 2.05) is 24.3 Å². The van der Waals surface area contributed by atoms with Crippen LogP contribution in [-0.4, -0.2) is 21.3 Å². The van der Waals surface area contributed by atoms with Crippen LogP contribution in [0.15, 0.2) is 46.3 Å². The van der Waals surface area contributed by atoms with Gasteiger partial charge in [-0.3, -0.25) is 0 Å². The SMILES string of the molecule is COc1ccc2c(c1)OC(N)=C(C#N)C2c1cc(Br)c(OC)c(OC)c1. The molecule has 0 aliphatic carbocycles. The van der Waals surface area contributed by atoms with Gasteiger partial charge in [-0.2, -0.15) is 5.26 Å². The van der Waals surface area contributed by atoms with Gasteiger partial charge in [0, 0.05) is 11.6 Å². The van der Waals surface area contributed by atoms with E-state index in [0.717, 1.165) is 11.1 Å². The maximum Gasteiger partial charge on any atom is 0.205 e.